The highest BCUT2D eigenvalue weighted by Crippen LogP contribution is 2.45. The molecule has 1 aliphatic heterocycles. The average molecular weight is 318 g/mol. The van der Waals surface area contributed by atoms with Crippen LogP contribution >= 0.6 is 0 Å². The van der Waals surface area contributed by atoms with Gasteiger partial charge in [0.05, 0.1) is 13.0 Å². The fourth-order valence-corrected chi connectivity index (χ4v) is 2.62. The van der Waals surface area contributed by atoms with Crippen molar-refractivity contribution in [3.8, 4) is 34.5 Å². The summed E-state index contributed by atoms with van der Waals surface area (Å²) in [7, 11) is 1.34. The van der Waals surface area contributed by atoms with Gasteiger partial charge in [0, 0.05) is 17.7 Å². The third-order valence-corrected chi connectivity index (χ3v) is 3.78. The van der Waals surface area contributed by atoms with Crippen LogP contribution < -0.4 is 9.47 Å². The number of hydrogen-bond acceptors (Lipinski definition) is 7. The molecule has 0 aliphatic carbocycles. The van der Waals surface area contributed by atoms with E-state index in [-0.39, 0.29) is 35.0 Å². The number of aromatic hydroxyl groups is 4. The Morgan fingerprint density at radius 1 is 1.13 bits per heavy atom. The lowest BCUT2D eigenvalue weighted by atomic mass is 9.87. The number of phenols is 4. The first-order valence-corrected chi connectivity index (χ1v) is 6.75. The average Bonchev–Trinajstić information content (AvgIpc) is 2.50. The van der Waals surface area contributed by atoms with Crippen molar-refractivity contribution in [2.75, 3.05) is 13.7 Å². The molecule has 1 atom stereocenters. The maximum absolute atomic E-state index is 12.6. The fraction of sp³-hybridized carbons (Fsp3) is 0.188. The third kappa shape index (κ3) is 2.26. The molecule has 2 aromatic carbocycles. The molecule has 1 heterocycles. The van der Waals surface area contributed by atoms with E-state index in [9.17, 15) is 25.2 Å². The molecule has 0 fully saturated rings. The summed E-state index contributed by atoms with van der Waals surface area (Å²) < 4.78 is 10.3. The molecule has 3 rings (SSSR count). The van der Waals surface area contributed by atoms with E-state index >= 15 is 0 Å². The molecular formula is C16H14O7. The Bertz CT molecular complexity index is 798. The molecule has 7 nitrogen and oxygen atoms in total. The van der Waals surface area contributed by atoms with Crippen LogP contribution in [0.15, 0.2) is 24.3 Å². The number of methoxy groups -OCH3 is 1. The van der Waals surface area contributed by atoms with E-state index in [0.717, 1.165) is 6.07 Å². The molecule has 0 amide bonds. The van der Waals surface area contributed by atoms with Gasteiger partial charge < -0.3 is 29.9 Å². The van der Waals surface area contributed by atoms with E-state index in [0.29, 0.717) is 0 Å². The van der Waals surface area contributed by atoms with E-state index in [1.807, 2.05) is 0 Å². The second kappa shape index (κ2) is 5.28. The zero-order chi connectivity index (χ0) is 16.7. The third-order valence-electron chi connectivity index (χ3n) is 3.78. The first-order valence-electron chi connectivity index (χ1n) is 6.75. The first kappa shape index (κ1) is 14.8. The summed E-state index contributed by atoms with van der Waals surface area (Å²) in [5.41, 5.74) is 0.0835. The Morgan fingerprint density at radius 3 is 2.57 bits per heavy atom. The molecule has 2 aromatic rings. The summed E-state index contributed by atoms with van der Waals surface area (Å²) >= 11 is 0. The van der Waals surface area contributed by atoms with E-state index in [2.05, 4.69) is 0 Å². The Hall–Kier alpha value is -3.09. The first-order chi connectivity index (χ1) is 10.9. The van der Waals surface area contributed by atoms with E-state index in [1.54, 1.807) is 0 Å². The molecule has 0 saturated heterocycles. The number of ketones is 1. The number of benzene rings is 2. The van der Waals surface area contributed by atoms with Crippen molar-refractivity contribution in [1.29, 1.82) is 0 Å². The zero-order valence-corrected chi connectivity index (χ0v) is 12.1. The van der Waals surface area contributed by atoms with Crippen LogP contribution in [-0.4, -0.2) is 39.9 Å². The van der Waals surface area contributed by atoms with Gasteiger partial charge in [-0.05, 0) is 6.07 Å². The number of ether oxygens (including phenoxy) is 2. The predicted molar refractivity (Wildman–Crippen MR) is 78.7 cm³/mol. The minimum Gasteiger partial charge on any atom is -0.508 e. The van der Waals surface area contributed by atoms with Gasteiger partial charge in [0.2, 0.25) is 5.75 Å². The lowest BCUT2D eigenvalue weighted by molar-refractivity contribution is 0.0889. The summed E-state index contributed by atoms with van der Waals surface area (Å²) in [6.07, 6.45) is 0. The Kier molecular flexibility index (Phi) is 3.40. The van der Waals surface area contributed by atoms with Crippen molar-refractivity contribution in [1.82, 2.24) is 0 Å². The van der Waals surface area contributed by atoms with E-state index in [1.165, 1.54) is 25.3 Å². The minimum absolute atomic E-state index is 0.0703. The van der Waals surface area contributed by atoms with Gasteiger partial charge in [-0.25, -0.2) is 0 Å². The van der Waals surface area contributed by atoms with Crippen LogP contribution in [0.1, 0.15) is 21.8 Å². The van der Waals surface area contributed by atoms with Crippen molar-refractivity contribution in [3.05, 3.63) is 35.4 Å². The summed E-state index contributed by atoms with van der Waals surface area (Å²) in [4.78, 5) is 12.6. The fourth-order valence-electron chi connectivity index (χ4n) is 2.62. The SMILES string of the molecule is COc1ccc(C2COc3cc(O)cc(O)c3C2=O)c(O)c1O. The van der Waals surface area contributed by atoms with Gasteiger partial charge in [0.25, 0.3) is 0 Å². The standard InChI is InChI=1S/C16H14O7/c1-22-11-3-2-8(15(20)16(11)21)9-6-23-12-5-7(17)4-10(18)13(12)14(9)19/h2-5,9,17-18,20-21H,6H2,1H3. The zero-order valence-electron chi connectivity index (χ0n) is 12.1. The molecule has 1 aliphatic rings. The summed E-state index contributed by atoms with van der Waals surface area (Å²) in [6, 6.07) is 5.13. The Balaban J connectivity index is 2.07. The highest BCUT2D eigenvalue weighted by molar-refractivity contribution is 6.07. The van der Waals surface area contributed by atoms with Crippen LogP contribution in [0.2, 0.25) is 0 Å². The molecule has 0 spiro atoms. The highest BCUT2D eigenvalue weighted by Gasteiger charge is 2.35. The molecular weight excluding hydrogens is 304 g/mol. The van der Waals surface area contributed by atoms with Crippen LogP contribution in [0.25, 0.3) is 0 Å². The molecule has 4 N–H and O–H groups in total. The second-order valence-electron chi connectivity index (χ2n) is 5.12. The van der Waals surface area contributed by atoms with E-state index < -0.39 is 28.9 Å². The Morgan fingerprint density at radius 2 is 1.87 bits per heavy atom. The maximum atomic E-state index is 12.6. The predicted octanol–water partition coefficient (Wildman–Crippen LogP) is 1.88. The van der Waals surface area contributed by atoms with Gasteiger partial charge >= 0.3 is 0 Å². The van der Waals surface area contributed by atoms with Gasteiger partial charge in [0.1, 0.15) is 29.4 Å². The minimum atomic E-state index is -0.908. The van der Waals surface area contributed by atoms with Crippen molar-refractivity contribution >= 4 is 5.78 Å². The van der Waals surface area contributed by atoms with Gasteiger partial charge in [-0.15, -0.1) is 0 Å². The topological polar surface area (TPSA) is 116 Å². The summed E-state index contributed by atoms with van der Waals surface area (Å²) in [5.74, 6) is -2.83. The highest BCUT2D eigenvalue weighted by atomic mass is 16.5. The summed E-state index contributed by atoms with van der Waals surface area (Å²) in [6.45, 7) is -0.103. The number of rotatable bonds is 2. The molecule has 0 radical (unpaired) electrons. The summed E-state index contributed by atoms with van der Waals surface area (Å²) in [5, 5.41) is 39.3. The largest absolute Gasteiger partial charge is 0.508 e. The number of carbonyl (C=O) groups excluding carboxylic acids is 1. The van der Waals surface area contributed by atoms with Gasteiger partial charge in [-0.1, -0.05) is 6.07 Å². The van der Waals surface area contributed by atoms with Crippen LogP contribution in [0.4, 0.5) is 0 Å². The molecule has 0 bridgehead atoms. The monoisotopic (exact) mass is 318 g/mol. The van der Waals surface area contributed by atoms with Crippen molar-refractivity contribution < 1.29 is 34.7 Å². The van der Waals surface area contributed by atoms with Crippen molar-refractivity contribution in [2.24, 2.45) is 0 Å². The maximum Gasteiger partial charge on any atom is 0.200 e. The number of fused-ring (bicyclic) bond motifs is 1. The number of phenolic OH excluding ortho intramolecular Hbond substituents is 4. The molecule has 120 valence electrons. The van der Waals surface area contributed by atoms with Crippen LogP contribution in [0.3, 0.4) is 0 Å². The molecule has 1 unspecified atom stereocenters. The van der Waals surface area contributed by atoms with Crippen molar-refractivity contribution in [2.45, 2.75) is 5.92 Å². The lowest BCUT2D eigenvalue weighted by Gasteiger charge is -2.26. The van der Waals surface area contributed by atoms with Crippen molar-refractivity contribution in [3.63, 3.8) is 0 Å². The Labute approximate surface area is 131 Å². The number of Topliss-reactive ketones (excluding diaryl/α,β-unsaturated/α-hetero) is 1. The van der Waals surface area contributed by atoms with E-state index in [4.69, 9.17) is 9.47 Å². The van der Waals surface area contributed by atoms with Crippen LogP contribution in [0, 0.1) is 0 Å². The molecule has 23 heavy (non-hydrogen) atoms. The second-order valence-corrected chi connectivity index (χ2v) is 5.12. The smallest absolute Gasteiger partial charge is 0.200 e. The number of carbonyl (C=O) groups is 1. The van der Waals surface area contributed by atoms with Gasteiger partial charge in [-0.2, -0.15) is 0 Å². The van der Waals surface area contributed by atoms with Crippen LogP contribution in [-0.2, 0) is 0 Å². The van der Waals surface area contributed by atoms with Crippen LogP contribution in [0.5, 0.6) is 34.5 Å². The quantitative estimate of drug-likeness (QED) is 0.625. The normalized spacial score (nSPS) is 16.6. The molecule has 0 aromatic heterocycles. The van der Waals surface area contributed by atoms with Gasteiger partial charge in [-0.3, -0.25) is 4.79 Å². The van der Waals surface area contributed by atoms with Gasteiger partial charge in [0.15, 0.2) is 17.3 Å². The molecule has 7 heteroatoms. The lowest BCUT2D eigenvalue weighted by Crippen LogP contribution is -2.26. The number of hydrogen-bond donors (Lipinski definition) is 4. The molecule has 0 saturated carbocycles.